The summed E-state index contributed by atoms with van der Waals surface area (Å²) in [7, 11) is 0. The van der Waals surface area contributed by atoms with Gasteiger partial charge in [0.25, 0.3) is 5.56 Å². The van der Waals surface area contributed by atoms with Crippen molar-refractivity contribution in [2.45, 2.75) is 46.2 Å². The highest BCUT2D eigenvalue weighted by Gasteiger charge is 2.35. The van der Waals surface area contributed by atoms with Gasteiger partial charge in [0, 0.05) is 37.1 Å². The molecular formula is C28H32N8OS. The van der Waals surface area contributed by atoms with Crippen molar-refractivity contribution in [3.05, 3.63) is 75.3 Å². The van der Waals surface area contributed by atoms with E-state index in [1.165, 1.54) is 4.70 Å². The largest absolute Gasteiger partial charge is 0.345 e. The average Bonchev–Trinajstić information content (AvgIpc) is 3.55. The lowest BCUT2D eigenvalue weighted by Gasteiger charge is -2.39. The normalized spacial score (nSPS) is 16.0. The summed E-state index contributed by atoms with van der Waals surface area (Å²) in [5.41, 5.74) is 4.32. The van der Waals surface area contributed by atoms with Crippen molar-refractivity contribution in [1.29, 1.82) is 0 Å². The van der Waals surface area contributed by atoms with E-state index in [9.17, 15) is 4.79 Å². The van der Waals surface area contributed by atoms with Crippen molar-refractivity contribution in [2.75, 3.05) is 31.1 Å². The zero-order valence-corrected chi connectivity index (χ0v) is 23.2. The van der Waals surface area contributed by atoms with Crippen LogP contribution in [0.2, 0.25) is 0 Å². The van der Waals surface area contributed by atoms with Gasteiger partial charge < -0.3 is 9.88 Å². The number of para-hydroxylation sites is 1. The molecule has 5 aromatic rings. The highest BCUT2D eigenvalue weighted by atomic mass is 32.1. The predicted molar refractivity (Wildman–Crippen MR) is 152 cm³/mol. The van der Waals surface area contributed by atoms with Crippen LogP contribution in [-0.2, 0) is 5.54 Å². The van der Waals surface area contributed by atoms with Gasteiger partial charge in [-0.3, -0.25) is 9.69 Å². The van der Waals surface area contributed by atoms with Crippen LogP contribution in [0.15, 0.2) is 47.3 Å². The number of hydrogen-bond donors (Lipinski definition) is 1. The van der Waals surface area contributed by atoms with Crippen LogP contribution in [0.3, 0.4) is 0 Å². The van der Waals surface area contributed by atoms with E-state index in [1.54, 1.807) is 11.3 Å². The smallest absolute Gasteiger partial charge is 0.253 e. The lowest BCUT2D eigenvalue weighted by molar-refractivity contribution is 0.190. The number of hydrogen-bond acceptors (Lipinski definition) is 8. The molecule has 196 valence electrons. The van der Waals surface area contributed by atoms with Gasteiger partial charge >= 0.3 is 0 Å². The van der Waals surface area contributed by atoms with Gasteiger partial charge in [-0.1, -0.05) is 35.6 Å². The van der Waals surface area contributed by atoms with Crippen LogP contribution >= 0.6 is 11.3 Å². The van der Waals surface area contributed by atoms with Crippen molar-refractivity contribution in [2.24, 2.45) is 0 Å². The number of anilines is 1. The summed E-state index contributed by atoms with van der Waals surface area (Å²) < 4.78 is 3.05. The number of piperazine rings is 1. The van der Waals surface area contributed by atoms with Crippen LogP contribution in [0.1, 0.15) is 49.3 Å². The zero-order valence-electron chi connectivity index (χ0n) is 22.4. The Morgan fingerprint density at radius 3 is 2.47 bits per heavy atom. The van der Waals surface area contributed by atoms with E-state index in [0.717, 1.165) is 58.9 Å². The minimum atomic E-state index is -0.380. The molecule has 1 fully saturated rings. The lowest BCUT2D eigenvalue weighted by atomic mass is 9.98. The molecule has 1 saturated heterocycles. The van der Waals surface area contributed by atoms with Crippen LogP contribution in [0.4, 0.5) is 5.13 Å². The van der Waals surface area contributed by atoms with Gasteiger partial charge in [-0.25, -0.2) is 9.67 Å². The molecule has 0 saturated carbocycles. The second-order valence-electron chi connectivity index (χ2n) is 11.1. The van der Waals surface area contributed by atoms with Crippen molar-refractivity contribution in [3.63, 3.8) is 0 Å². The van der Waals surface area contributed by atoms with Gasteiger partial charge in [-0.15, -0.1) is 5.10 Å². The van der Waals surface area contributed by atoms with Gasteiger partial charge in [-0.2, -0.15) is 0 Å². The van der Waals surface area contributed by atoms with Crippen molar-refractivity contribution in [3.8, 4) is 0 Å². The third-order valence-corrected chi connectivity index (χ3v) is 8.47. The first-order chi connectivity index (χ1) is 18.2. The summed E-state index contributed by atoms with van der Waals surface area (Å²) in [4.78, 5) is 26.4. The highest BCUT2D eigenvalue weighted by molar-refractivity contribution is 7.22. The third-order valence-electron chi connectivity index (χ3n) is 7.37. The van der Waals surface area contributed by atoms with Gasteiger partial charge in [0.05, 0.1) is 21.3 Å². The maximum Gasteiger partial charge on any atom is 0.253 e. The standard InChI is InChI=1S/C28H32N8OS/c1-17-10-11-18(2)23-19(17)16-20(26(37)30-23)24(25-31-32-33-36(25)28(3,4)5)34-12-14-35(15-13-34)27-29-21-8-6-7-9-22(21)38-27/h6-11,16,24H,12-15H2,1-5H3,(H,30,37). The Morgan fingerprint density at radius 2 is 1.74 bits per heavy atom. The van der Waals surface area contributed by atoms with Crippen molar-refractivity contribution < 1.29 is 0 Å². The number of pyridine rings is 1. The highest BCUT2D eigenvalue weighted by Crippen LogP contribution is 2.33. The lowest BCUT2D eigenvalue weighted by Crippen LogP contribution is -2.49. The topological polar surface area (TPSA) is 95.8 Å². The third kappa shape index (κ3) is 4.27. The number of thiazole rings is 1. The molecule has 1 atom stereocenters. The number of aromatic nitrogens is 6. The summed E-state index contributed by atoms with van der Waals surface area (Å²) in [6, 6.07) is 14.1. The van der Waals surface area contributed by atoms with E-state index in [2.05, 4.69) is 82.3 Å². The van der Waals surface area contributed by atoms with E-state index < -0.39 is 0 Å². The number of benzene rings is 2. The number of aryl methyl sites for hydroxylation is 2. The quantitative estimate of drug-likeness (QED) is 0.369. The zero-order chi connectivity index (χ0) is 26.6. The fourth-order valence-corrected chi connectivity index (χ4v) is 6.32. The van der Waals surface area contributed by atoms with E-state index in [1.807, 2.05) is 29.8 Å². The first-order valence-corrected chi connectivity index (χ1v) is 13.8. The van der Waals surface area contributed by atoms with Gasteiger partial charge in [-0.05, 0) is 74.4 Å². The molecule has 0 bridgehead atoms. The first-order valence-electron chi connectivity index (χ1n) is 13.0. The second kappa shape index (κ2) is 9.28. The maximum atomic E-state index is 13.6. The van der Waals surface area contributed by atoms with Gasteiger partial charge in [0.15, 0.2) is 11.0 Å². The molecule has 0 radical (unpaired) electrons. The Labute approximate surface area is 225 Å². The van der Waals surface area contributed by atoms with E-state index >= 15 is 0 Å². The van der Waals surface area contributed by atoms with Crippen LogP contribution in [-0.4, -0.2) is 61.3 Å². The molecule has 38 heavy (non-hydrogen) atoms. The van der Waals surface area contributed by atoms with E-state index in [-0.39, 0.29) is 17.1 Å². The number of aromatic amines is 1. The SMILES string of the molecule is Cc1ccc(C)c2[nH]c(=O)c(C(c3nnnn3C(C)(C)C)N3CCN(c4nc5ccccc5s4)CC3)cc12. The molecule has 0 spiro atoms. The summed E-state index contributed by atoms with van der Waals surface area (Å²) in [5, 5.41) is 15.0. The van der Waals surface area contributed by atoms with Crippen molar-refractivity contribution in [1.82, 2.24) is 35.1 Å². The maximum absolute atomic E-state index is 13.6. The molecule has 10 heteroatoms. The molecule has 1 aliphatic heterocycles. The summed E-state index contributed by atoms with van der Waals surface area (Å²) in [5.74, 6) is 0.682. The molecule has 4 heterocycles. The van der Waals surface area contributed by atoms with Crippen molar-refractivity contribution >= 4 is 37.6 Å². The molecule has 0 aliphatic carbocycles. The Bertz CT molecular complexity index is 1650. The number of rotatable bonds is 4. The van der Waals surface area contributed by atoms with E-state index in [0.29, 0.717) is 11.4 Å². The molecule has 1 unspecified atom stereocenters. The molecule has 0 amide bonds. The number of fused-ring (bicyclic) bond motifs is 2. The fraction of sp³-hybridized carbons (Fsp3) is 0.393. The van der Waals surface area contributed by atoms with Crippen LogP contribution < -0.4 is 10.5 Å². The molecule has 1 aliphatic rings. The molecule has 1 N–H and O–H groups in total. The molecule has 3 aromatic heterocycles. The second-order valence-corrected chi connectivity index (χ2v) is 12.1. The summed E-state index contributed by atoms with van der Waals surface area (Å²) in [6.45, 7) is 13.4. The summed E-state index contributed by atoms with van der Waals surface area (Å²) in [6.07, 6.45) is 0. The monoisotopic (exact) mass is 528 g/mol. The number of nitrogens with zero attached hydrogens (tertiary/aromatic N) is 7. The van der Waals surface area contributed by atoms with Crippen LogP contribution in [0, 0.1) is 13.8 Å². The Kier molecular flexibility index (Phi) is 6.03. The fourth-order valence-electron chi connectivity index (χ4n) is 5.30. The number of nitrogens with one attached hydrogen (secondary N) is 1. The van der Waals surface area contributed by atoms with Gasteiger partial charge in [0.1, 0.15) is 6.04 Å². The predicted octanol–water partition coefficient (Wildman–Crippen LogP) is 4.41. The van der Waals surface area contributed by atoms with Gasteiger partial charge in [0.2, 0.25) is 0 Å². The van der Waals surface area contributed by atoms with Crippen LogP contribution in [0.25, 0.3) is 21.1 Å². The number of H-pyrrole nitrogens is 1. The Balaban J connectivity index is 1.40. The Morgan fingerprint density at radius 1 is 1.00 bits per heavy atom. The summed E-state index contributed by atoms with van der Waals surface area (Å²) >= 11 is 1.72. The Hall–Kier alpha value is -3.63. The minimum absolute atomic E-state index is 0.103. The molecule has 2 aromatic carbocycles. The number of tetrazole rings is 1. The minimum Gasteiger partial charge on any atom is -0.345 e. The average molecular weight is 529 g/mol. The van der Waals surface area contributed by atoms with E-state index in [4.69, 9.17) is 4.98 Å². The molecule has 9 nitrogen and oxygen atoms in total. The molecule has 6 rings (SSSR count). The first kappa shape index (κ1) is 24.7. The molecular weight excluding hydrogens is 496 g/mol. The van der Waals surface area contributed by atoms with Crippen LogP contribution in [0.5, 0.6) is 0 Å².